The number of amides is 1. The van der Waals surface area contributed by atoms with Crippen LogP contribution < -0.4 is 5.32 Å². The fourth-order valence-corrected chi connectivity index (χ4v) is 2.42. The number of hydrogen-bond donors (Lipinski definition) is 2. The van der Waals surface area contributed by atoms with Crippen molar-refractivity contribution in [2.45, 2.75) is 13.0 Å². The number of carbonyl (C=O) groups excluding carboxylic acids is 1. The van der Waals surface area contributed by atoms with Crippen LogP contribution in [0, 0.1) is 11.3 Å². The summed E-state index contributed by atoms with van der Waals surface area (Å²) in [5.41, 5.74) is 1.62. The van der Waals surface area contributed by atoms with Gasteiger partial charge in [0.15, 0.2) is 0 Å². The van der Waals surface area contributed by atoms with E-state index in [0.717, 1.165) is 5.56 Å². The number of carbonyl (C=O) groups is 1. The van der Waals surface area contributed by atoms with Crippen molar-refractivity contribution in [2.75, 3.05) is 0 Å². The van der Waals surface area contributed by atoms with E-state index in [1.807, 2.05) is 43.3 Å². The molecule has 0 heterocycles. The van der Waals surface area contributed by atoms with E-state index >= 15 is 0 Å². The number of aromatic hydroxyl groups is 1. The summed E-state index contributed by atoms with van der Waals surface area (Å²) in [6.07, 6.45) is 1.48. The van der Waals surface area contributed by atoms with Crippen molar-refractivity contribution in [2.24, 2.45) is 0 Å². The molecule has 2 aromatic carbocycles. The number of nitrogens with one attached hydrogen (secondary N) is 1. The van der Waals surface area contributed by atoms with E-state index in [1.54, 1.807) is 12.1 Å². The first kappa shape index (κ1) is 16.8. The maximum atomic E-state index is 12.3. The van der Waals surface area contributed by atoms with Crippen molar-refractivity contribution in [1.82, 2.24) is 5.32 Å². The third-order valence-corrected chi connectivity index (χ3v) is 3.93. The summed E-state index contributed by atoms with van der Waals surface area (Å²) < 4.78 is 0.501. The van der Waals surface area contributed by atoms with Crippen LogP contribution in [0.5, 0.6) is 5.75 Å². The molecule has 0 aliphatic heterocycles. The minimum absolute atomic E-state index is 0.00497. The lowest BCUT2D eigenvalue weighted by atomic mass is 10.1. The number of hydrogen-bond acceptors (Lipinski definition) is 3. The van der Waals surface area contributed by atoms with Crippen LogP contribution in [0.15, 0.2) is 58.6 Å². The Hall–Kier alpha value is -2.58. The number of rotatable bonds is 4. The molecule has 5 heteroatoms. The first-order valence-corrected chi connectivity index (χ1v) is 7.76. The summed E-state index contributed by atoms with van der Waals surface area (Å²) in [6.45, 7) is 1.86. The Morgan fingerprint density at radius 3 is 2.61 bits per heavy atom. The Kier molecular flexibility index (Phi) is 5.56. The lowest BCUT2D eigenvalue weighted by molar-refractivity contribution is -0.117. The van der Waals surface area contributed by atoms with Crippen LogP contribution in [0.4, 0.5) is 0 Å². The van der Waals surface area contributed by atoms with Crippen molar-refractivity contribution in [3.05, 3.63) is 69.7 Å². The quantitative estimate of drug-likeness (QED) is 0.632. The first-order valence-electron chi connectivity index (χ1n) is 6.97. The number of nitrogens with zero attached hydrogens (tertiary/aromatic N) is 1. The van der Waals surface area contributed by atoms with Crippen LogP contribution >= 0.6 is 15.9 Å². The highest BCUT2D eigenvalue weighted by Crippen LogP contribution is 2.25. The molecule has 1 atom stereocenters. The molecule has 0 aliphatic carbocycles. The Morgan fingerprint density at radius 2 is 2.00 bits per heavy atom. The van der Waals surface area contributed by atoms with Gasteiger partial charge in [-0.15, -0.1) is 0 Å². The van der Waals surface area contributed by atoms with E-state index in [4.69, 9.17) is 0 Å². The predicted molar refractivity (Wildman–Crippen MR) is 92.4 cm³/mol. The van der Waals surface area contributed by atoms with Crippen molar-refractivity contribution < 1.29 is 9.90 Å². The average Bonchev–Trinajstić information content (AvgIpc) is 2.56. The molecular formula is C18H15BrN2O2. The van der Waals surface area contributed by atoms with Crippen LogP contribution in [-0.2, 0) is 4.79 Å². The van der Waals surface area contributed by atoms with Gasteiger partial charge in [-0.3, -0.25) is 4.79 Å². The summed E-state index contributed by atoms with van der Waals surface area (Å²) in [5, 5.41) is 21.5. The minimum atomic E-state index is -0.437. The van der Waals surface area contributed by atoms with Crippen molar-refractivity contribution in [3.63, 3.8) is 0 Å². The number of phenols is 1. The molecule has 0 aliphatic rings. The van der Waals surface area contributed by atoms with Crippen molar-refractivity contribution in [3.8, 4) is 11.8 Å². The summed E-state index contributed by atoms with van der Waals surface area (Å²) in [7, 11) is 0. The van der Waals surface area contributed by atoms with E-state index in [2.05, 4.69) is 21.2 Å². The van der Waals surface area contributed by atoms with Gasteiger partial charge in [0.05, 0.1) is 10.5 Å². The van der Waals surface area contributed by atoms with E-state index in [1.165, 1.54) is 12.1 Å². The summed E-state index contributed by atoms with van der Waals surface area (Å²) >= 11 is 3.20. The molecule has 0 saturated carbocycles. The standard InChI is InChI=1S/C18H15BrN2O2/c1-12(14-5-3-2-4-6-14)21-18(23)15(11-20)9-13-7-8-17(22)16(19)10-13/h2-10,12,22H,1H3,(H,21,23)/b15-9+/t12-/m0/s1. The van der Waals surface area contributed by atoms with Crippen LogP contribution in [0.2, 0.25) is 0 Å². The molecule has 0 spiro atoms. The van der Waals surface area contributed by atoms with Gasteiger partial charge < -0.3 is 10.4 Å². The molecule has 0 fully saturated rings. The highest BCUT2D eigenvalue weighted by Gasteiger charge is 2.13. The van der Waals surface area contributed by atoms with Gasteiger partial charge in [-0.1, -0.05) is 36.4 Å². The average molecular weight is 371 g/mol. The molecule has 0 bridgehead atoms. The number of halogens is 1. The van der Waals surface area contributed by atoms with Gasteiger partial charge in [-0.25, -0.2) is 0 Å². The Balaban J connectivity index is 2.17. The molecule has 1 amide bonds. The van der Waals surface area contributed by atoms with E-state index in [9.17, 15) is 15.2 Å². The third kappa shape index (κ3) is 4.44. The lowest BCUT2D eigenvalue weighted by Gasteiger charge is -2.13. The van der Waals surface area contributed by atoms with Gasteiger partial charge in [-0.2, -0.15) is 5.26 Å². The number of nitriles is 1. The van der Waals surface area contributed by atoms with E-state index in [0.29, 0.717) is 10.0 Å². The molecule has 2 aromatic rings. The fourth-order valence-electron chi connectivity index (χ4n) is 2.03. The van der Waals surface area contributed by atoms with Crippen LogP contribution in [-0.4, -0.2) is 11.0 Å². The monoisotopic (exact) mass is 370 g/mol. The molecule has 2 rings (SSSR count). The number of phenolic OH excluding ortho intramolecular Hbond substituents is 1. The zero-order valence-electron chi connectivity index (χ0n) is 12.5. The van der Waals surface area contributed by atoms with Gasteiger partial charge in [0.2, 0.25) is 0 Å². The largest absolute Gasteiger partial charge is 0.507 e. The van der Waals surface area contributed by atoms with Gasteiger partial charge >= 0.3 is 0 Å². The molecule has 4 nitrogen and oxygen atoms in total. The molecule has 0 aromatic heterocycles. The smallest absolute Gasteiger partial charge is 0.262 e. The maximum Gasteiger partial charge on any atom is 0.262 e. The maximum absolute atomic E-state index is 12.3. The topological polar surface area (TPSA) is 73.1 Å². The Labute approximate surface area is 143 Å². The Morgan fingerprint density at radius 1 is 1.30 bits per heavy atom. The van der Waals surface area contributed by atoms with Gasteiger partial charge in [0.1, 0.15) is 17.4 Å². The first-order chi connectivity index (χ1) is 11.0. The van der Waals surface area contributed by atoms with E-state index in [-0.39, 0.29) is 17.4 Å². The molecule has 116 valence electrons. The second-order valence-electron chi connectivity index (χ2n) is 4.99. The molecule has 2 N–H and O–H groups in total. The highest BCUT2D eigenvalue weighted by molar-refractivity contribution is 9.10. The lowest BCUT2D eigenvalue weighted by Crippen LogP contribution is -2.27. The fraction of sp³-hybridized carbons (Fsp3) is 0.111. The van der Waals surface area contributed by atoms with Crippen LogP contribution in [0.3, 0.4) is 0 Å². The second-order valence-corrected chi connectivity index (χ2v) is 5.84. The number of benzene rings is 2. The van der Waals surface area contributed by atoms with Crippen molar-refractivity contribution >= 4 is 27.9 Å². The third-order valence-electron chi connectivity index (χ3n) is 3.29. The minimum Gasteiger partial charge on any atom is -0.507 e. The van der Waals surface area contributed by atoms with Crippen LogP contribution in [0.25, 0.3) is 6.08 Å². The SMILES string of the molecule is C[C@H](NC(=O)/C(C#N)=C/c1ccc(O)c(Br)c1)c1ccccc1. The zero-order valence-corrected chi connectivity index (χ0v) is 14.0. The van der Waals surface area contributed by atoms with Gasteiger partial charge in [-0.05, 0) is 52.2 Å². The van der Waals surface area contributed by atoms with Crippen LogP contribution in [0.1, 0.15) is 24.1 Å². The van der Waals surface area contributed by atoms with Gasteiger partial charge in [0, 0.05) is 0 Å². The molecule has 0 radical (unpaired) electrons. The predicted octanol–water partition coefficient (Wildman–Crippen LogP) is 3.94. The summed E-state index contributed by atoms with van der Waals surface area (Å²) in [4.78, 5) is 12.3. The second kappa shape index (κ2) is 7.61. The molecule has 0 saturated heterocycles. The molecule has 23 heavy (non-hydrogen) atoms. The normalized spacial score (nSPS) is 12.3. The highest BCUT2D eigenvalue weighted by atomic mass is 79.9. The Bertz CT molecular complexity index is 779. The zero-order chi connectivity index (χ0) is 16.8. The van der Waals surface area contributed by atoms with Gasteiger partial charge in [0.25, 0.3) is 5.91 Å². The molecule has 0 unspecified atom stereocenters. The van der Waals surface area contributed by atoms with E-state index < -0.39 is 5.91 Å². The van der Waals surface area contributed by atoms with Crippen molar-refractivity contribution in [1.29, 1.82) is 5.26 Å². The summed E-state index contributed by atoms with van der Waals surface area (Å²) in [5.74, 6) is -0.337. The molecular weight excluding hydrogens is 356 g/mol. The summed E-state index contributed by atoms with van der Waals surface area (Å²) in [6, 6.07) is 16.0.